The van der Waals surface area contributed by atoms with Gasteiger partial charge >= 0.3 is 6.03 Å². The predicted octanol–water partition coefficient (Wildman–Crippen LogP) is 4.23. The summed E-state index contributed by atoms with van der Waals surface area (Å²) >= 11 is 7.34. The SMILES string of the molecule is CCN1C2CC[C@@H]1Cc1sc(NC(=O)Nc3ccc(Cl)cc3)c(C(N)=O)c12. The Morgan fingerprint density at radius 3 is 2.67 bits per heavy atom. The van der Waals surface area contributed by atoms with Crippen LogP contribution in [0.3, 0.4) is 0 Å². The molecule has 0 saturated carbocycles. The molecule has 6 nitrogen and oxygen atoms in total. The summed E-state index contributed by atoms with van der Waals surface area (Å²) in [5.74, 6) is -0.490. The first kappa shape index (κ1) is 18.3. The topological polar surface area (TPSA) is 87.5 Å². The molecule has 27 heavy (non-hydrogen) atoms. The summed E-state index contributed by atoms with van der Waals surface area (Å²) in [7, 11) is 0. The molecule has 2 aliphatic rings. The minimum atomic E-state index is -0.490. The van der Waals surface area contributed by atoms with Crippen LogP contribution in [0.1, 0.15) is 46.6 Å². The number of primary amides is 1. The van der Waals surface area contributed by atoms with Crippen molar-refractivity contribution in [3.63, 3.8) is 0 Å². The van der Waals surface area contributed by atoms with Gasteiger partial charge in [0.05, 0.1) is 5.56 Å². The number of hydrogen-bond acceptors (Lipinski definition) is 4. The fourth-order valence-electron chi connectivity index (χ4n) is 4.28. The van der Waals surface area contributed by atoms with E-state index in [0.29, 0.717) is 27.3 Å². The van der Waals surface area contributed by atoms with Crippen LogP contribution in [0.15, 0.2) is 24.3 Å². The van der Waals surface area contributed by atoms with Crippen LogP contribution in [0, 0.1) is 0 Å². The number of thiophene rings is 1. The van der Waals surface area contributed by atoms with Crippen LogP contribution in [-0.4, -0.2) is 29.4 Å². The van der Waals surface area contributed by atoms with Gasteiger partial charge < -0.3 is 11.1 Å². The number of hydrogen-bond donors (Lipinski definition) is 3. The molecule has 1 unspecified atom stereocenters. The van der Waals surface area contributed by atoms with Crippen molar-refractivity contribution in [3.8, 4) is 0 Å². The Hall–Kier alpha value is -2.09. The molecule has 1 fully saturated rings. The maximum absolute atomic E-state index is 12.4. The van der Waals surface area contributed by atoms with Gasteiger partial charge in [-0.3, -0.25) is 15.0 Å². The van der Waals surface area contributed by atoms with E-state index < -0.39 is 11.9 Å². The van der Waals surface area contributed by atoms with Crippen LogP contribution in [-0.2, 0) is 6.42 Å². The van der Waals surface area contributed by atoms with Crippen molar-refractivity contribution >= 4 is 45.6 Å². The number of amides is 3. The summed E-state index contributed by atoms with van der Waals surface area (Å²) in [4.78, 5) is 28.3. The summed E-state index contributed by atoms with van der Waals surface area (Å²) in [6.45, 7) is 3.09. The van der Waals surface area contributed by atoms with Crippen LogP contribution in [0.25, 0.3) is 0 Å². The monoisotopic (exact) mass is 404 g/mol. The summed E-state index contributed by atoms with van der Waals surface area (Å²) in [6.07, 6.45) is 3.07. The molecule has 1 saturated heterocycles. The molecule has 4 rings (SSSR count). The highest BCUT2D eigenvalue weighted by Gasteiger charge is 2.43. The van der Waals surface area contributed by atoms with Crippen LogP contribution >= 0.6 is 22.9 Å². The van der Waals surface area contributed by atoms with E-state index in [-0.39, 0.29) is 6.04 Å². The Kier molecular flexibility index (Phi) is 4.84. The number of anilines is 2. The molecule has 142 valence electrons. The zero-order valence-electron chi connectivity index (χ0n) is 14.9. The molecule has 2 aromatic rings. The zero-order chi connectivity index (χ0) is 19.1. The smallest absolute Gasteiger partial charge is 0.324 e. The minimum absolute atomic E-state index is 0.220. The Morgan fingerprint density at radius 1 is 1.26 bits per heavy atom. The standard InChI is InChI=1S/C19H21ClN4O2S/c1-2-24-12-7-8-13(24)15-14(9-12)27-18(16(15)17(21)25)23-19(26)22-11-5-3-10(20)4-6-11/h3-6,12-13H,2,7-9H2,1H3,(H2,21,25)(H2,22,23,26)/t12-,13?/m1/s1. The molecular weight excluding hydrogens is 384 g/mol. The Balaban J connectivity index is 1.61. The van der Waals surface area contributed by atoms with Crippen LogP contribution < -0.4 is 16.4 Å². The van der Waals surface area contributed by atoms with Gasteiger partial charge in [0, 0.05) is 27.7 Å². The summed E-state index contributed by atoms with van der Waals surface area (Å²) < 4.78 is 0. The highest BCUT2D eigenvalue weighted by molar-refractivity contribution is 7.17. The molecule has 1 aromatic heterocycles. The molecule has 2 bridgehead atoms. The third-order valence-electron chi connectivity index (χ3n) is 5.36. The first-order chi connectivity index (χ1) is 13.0. The van der Waals surface area contributed by atoms with E-state index in [2.05, 4.69) is 22.5 Å². The molecule has 0 aliphatic carbocycles. The number of nitrogens with one attached hydrogen (secondary N) is 2. The molecule has 0 spiro atoms. The van der Waals surface area contributed by atoms with E-state index in [1.165, 1.54) is 16.2 Å². The lowest BCUT2D eigenvalue weighted by Crippen LogP contribution is -2.37. The first-order valence-electron chi connectivity index (χ1n) is 9.02. The average molecular weight is 405 g/mol. The van der Waals surface area contributed by atoms with Gasteiger partial charge in [0.2, 0.25) is 0 Å². The van der Waals surface area contributed by atoms with Gasteiger partial charge in [-0.2, -0.15) is 0 Å². The Morgan fingerprint density at radius 2 is 2.00 bits per heavy atom. The maximum Gasteiger partial charge on any atom is 0.324 e. The first-order valence-corrected chi connectivity index (χ1v) is 10.2. The van der Waals surface area contributed by atoms with Crippen LogP contribution in [0.5, 0.6) is 0 Å². The molecule has 2 aliphatic heterocycles. The zero-order valence-corrected chi connectivity index (χ0v) is 16.5. The highest BCUT2D eigenvalue weighted by atomic mass is 35.5. The molecule has 4 N–H and O–H groups in total. The molecule has 1 aromatic carbocycles. The van der Waals surface area contributed by atoms with Crippen molar-refractivity contribution in [2.24, 2.45) is 5.73 Å². The van der Waals surface area contributed by atoms with E-state index in [9.17, 15) is 9.59 Å². The number of carbonyl (C=O) groups excluding carboxylic acids is 2. The number of halogens is 1. The van der Waals surface area contributed by atoms with E-state index >= 15 is 0 Å². The van der Waals surface area contributed by atoms with Gasteiger partial charge in [-0.25, -0.2) is 4.79 Å². The van der Waals surface area contributed by atoms with Crippen molar-refractivity contribution in [1.82, 2.24) is 4.90 Å². The third-order valence-corrected chi connectivity index (χ3v) is 6.75. The predicted molar refractivity (Wildman–Crippen MR) is 109 cm³/mol. The second kappa shape index (κ2) is 7.14. The highest BCUT2D eigenvalue weighted by Crippen LogP contribution is 2.50. The summed E-state index contributed by atoms with van der Waals surface area (Å²) in [5.41, 5.74) is 7.81. The molecule has 3 heterocycles. The minimum Gasteiger partial charge on any atom is -0.365 e. The van der Waals surface area contributed by atoms with Crippen molar-refractivity contribution in [2.75, 3.05) is 17.2 Å². The summed E-state index contributed by atoms with van der Waals surface area (Å²) in [5, 5.41) is 6.70. The lowest BCUT2D eigenvalue weighted by Gasteiger charge is -2.34. The number of carbonyl (C=O) groups is 2. The van der Waals surface area contributed by atoms with Gasteiger partial charge in [0.1, 0.15) is 5.00 Å². The second-order valence-corrected chi connectivity index (χ2v) is 8.42. The fourth-order valence-corrected chi connectivity index (χ4v) is 5.74. The van der Waals surface area contributed by atoms with Gasteiger partial charge in [-0.15, -0.1) is 11.3 Å². The largest absolute Gasteiger partial charge is 0.365 e. The number of likely N-dealkylation sites (N-methyl/N-ethyl adjacent to an activating group) is 1. The normalized spacial score (nSPS) is 21.0. The van der Waals surface area contributed by atoms with Crippen molar-refractivity contribution < 1.29 is 9.59 Å². The Labute approximate surface area is 166 Å². The number of fused-ring (bicyclic) bond motifs is 4. The number of urea groups is 1. The lowest BCUT2D eigenvalue weighted by molar-refractivity contribution is 0.0996. The lowest BCUT2D eigenvalue weighted by atomic mass is 9.96. The van der Waals surface area contributed by atoms with E-state index in [0.717, 1.165) is 31.4 Å². The fraction of sp³-hybridized carbons (Fsp3) is 0.368. The van der Waals surface area contributed by atoms with Crippen LogP contribution in [0.2, 0.25) is 5.02 Å². The Bertz CT molecular complexity index is 896. The van der Waals surface area contributed by atoms with E-state index in [4.69, 9.17) is 17.3 Å². The average Bonchev–Trinajstić information content (AvgIpc) is 3.13. The van der Waals surface area contributed by atoms with Gasteiger partial charge in [0.15, 0.2) is 0 Å². The van der Waals surface area contributed by atoms with E-state index in [1.54, 1.807) is 24.3 Å². The summed E-state index contributed by atoms with van der Waals surface area (Å²) in [6, 6.07) is 7.16. The number of nitrogens with zero attached hydrogens (tertiary/aromatic N) is 1. The number of rotatable bonds is 4. The molecule has 8 heteroatoms. The maximum atomic E-state index is 12.4. The van der Waals surface area contributed by atoms with Gasteiger partial charge in [-0.05, 0) is 55.6 Å². The van der Waals surface area contributed by atoms with Crippen LogP contribution in [0.4, 0.5) is 15.5 Å². The number of nitrogens with two attached hydrogens (primary N) is 1. The van der Waals surface area contributed by atoms with Gasteiger partial charge in [-0.1, -0.05) is 18.5 Å². The molecule has 3 amide bonds. The molecule has 2 atom stereocenters. The number of benzene rings is 1. The molecular formula is C19H21ClN4O2S. The van der Waals surface area contributed by atoms with Gasteiger partial charge in [0.25, 0.3) is 5.91 Å². The quantitative estimate of drug-likeness (QED) is 0.712. The van der Waals surface area contributed by atoms with Crippen molar-refractivity contribution in [2.45, 2.75) is 38.3 Å². The van der Waals surface area contributed by atoms with Crippen molar-refractivity contribution in [1.29, 1.82) is 0 Å². The van der Waals surface area contributed by atoms with E-state index in [1.807, 2.05) is 0 Å². The molecule has 0 radical (unpaired) electrons. The third kappa shape index (κ3) is 3.31. The van der Waals surface area contributed by atoms with Crippen molar-refractivity contribution in [3.05, 3.63) is 45.3 Å². The second-order valence-electron chi connectivity index (χ2n) is 6.87.